The van der Waals surface area contributed by atoms with Crippen LogP contribution in [0.15, 0.2) is 194 Å². The molecule has 0 aliphatic rings. The Morgan fingerprint density at radius 2 is 1.07 bits per heavy atom. The minimum absolute atomic E-state index is 0.0641. The number of benzene rings is 8. The van der Waals surface area contributed by atoms with E-state index in [1.165, 1.54) is 0 Å². The lowest BCUT2D eigenvalue weighted by Crippen LogP contribution is -2.02. The fourth-order valence-electron chi connectivity index (χ4n) is 8.20. The summed E-state index contributed by atoms with van der Waals surface area (Å²) in [6.45, 7) is 0. The number of hydrogen-bond donors (Lipinski definition) is 0. The average Bonchev–Trinajstić information content (AvgIpc) is 3.86. The predicted molar refractivity (Wildman–Crippen MR) is 235 cm³/mol. The number of rotatable bonds is 6. The number of hydrogen-bond acceptors (Lipinski definition) is 4. The number of nitrogens with zero attached hydrogens (tertiary/aromatic N) is 6. The predicted octanol–water partition coefficient (Wildman–Crippen LogP) is 12.6. The molecule has 0 unspecified atom stereocenters. The van der Waals surface area contributed by atoms with Crippen LogP contribution in [0, 0.1) is 11.3 Å². The average molecular weight is 746 g/mol. The van der Waals surface area contributed by atoms with E-state index in [0.717, 1.165) is 54.8 Å². The van der Waals surface area contributed by atoms with Crippen LogP contribution in [0.4, 0.5) is 0 Å². The van der Waals surface area contributed by atoms with E-state index in [1.807, 2.05) is 140 Å². The number of fused-ring (bicyclic) bond motifs is 7. The minimum atomic E-state index is -0.453. The van der Waals surface area contributed by atoms with Crippen molar-refractivity contribution in [3.63, 3.8) is 0 Å². The first kappa shape index (κ1) is 28.3. The third-order valence-corrected chi connectivity index (χ3v) is 10.7. The zero-order valence-electron chi connectivity index (χ0n) is 35.8. The Morgan fingerprint density at radius 1 is 0.466 bits per heavy atom. The maximum absolute atomic E-state index is 11.0. The second-order valence-corrected chi connectivity index (χ2v) is 14.0. The van der Waals surface area contributed by atoms with E-state index in [-0.39, 0.29) is 17.8 Å². The van der Waals surface area contributed by atoms with Gasteiger partial charge in [-0.15, -0.1) is 0 Å². The van der Waals surface area contributed by atoms with Crippen molar-refractivity contribution in [2.24, 2.45) is 0 Å². The molecule has 0 bridgehead atoms. The molecule has 3 heterocycles. The first-order valence-electron chi connectivity index (χ1n) is 21.4. The molecular formula is C52H32N6. The van der Waals surface area contributed by atoms with Crippen molar-refractivity contribution < 1.29 is 6.85 Å². The first-order valence-corrected chi connectivity index (χ1v) is 18.9. The normalized spacial score (nSPS) is 12.6. The summed E-state index contributed by atoms with van der Waals surface area (Å²) in [6, 6.07) is 53.9. The number of nitriles is 1. The molecule has 270 valence electrons. The highest BCUT2D eigenvalue weighted by atomic mass is 15.0. The number of aromatic nitrogens is 5. The van der Waals surface area contributed by atoms with Gasteiger partial charge < -0.3 is 9.13 Å². The largest absolute Gasteiger partial charge is 0.309 e. The Morgan fingerprint density at radius 3 is 1.81 bits per heavy atom. The Kier molecular flexibility index (Phi) is 6.61. The number of para-hydroxylation sites is 3. The van der Waals surface area contributed by atoms with Crippen LogP contribution in [0.3, 0.4) is 0 Å². The van der Waals surface area contributed by atoms with Crippen molar-refractivity contribution in [3.05, 3.63) is 200 Å². The summed E-state index contributed by atoms with van der Waals surface area (Å²) in [6.07, 6.45) is 0. The highest BCUT2D eigenvalue weighted by Gasteiger charge is 2.23. The molecule has 0 aliphatic heterocycles. The van der Waals surface area contributed by atoms with Gasteiger partial charge in [0.1, 0.15) is 6.07 Å². The van der Waals surface area contributed by atoms with Crippen molar-refractivity contribution in [1.82, 2.24) is 24.1 Å². The standard InChI is InChI=1S/C52H32N6/c53-33-37-32-36(51-54-50(35-18-6-2-7-19-35)55-52(56-51)42-24-11-10-22-39(42)34-16-4-1-5-17-34)28-30-44(37)58-45-26-14-12-23-40(45)41-29-31-47-48(49(41)58)43-25-13-15-27-46(43)57(47)38-20-8-3-9-21-38/h1-32H/i3D,8D,9D,20D,21D. The van der Waals surface area contributed by atoms with Gasteiger partial charge in [0.2, 0.25) is 0 Å². The summed E-state index contributed by atoms with van der Waals surface area (Å²) in [4.78, 5) is 15.1. The van der Waals surface area contributed by atoms with E-state index in [0.29, 0.717) is 45.3 Å². The smallest absolute Gasteiger partial charge is 0.164 e. The SMILES string of the molecule is [2H]c1c([2H])c([2H])c(-n2c3ccccc3c3c2ccc2c4ccccc4n(-c4ccc(-c5nc(-c6ccccc6)nc(-c6ccccc6-c6ccccc6)n5)cc4C#N)c23)c([2H])c1[2H]. The van der Waals surface area contributed by atoms with Gasteiger partial charge in [0, 0.05) is 43.9 Å². The van der Waals surface area contributed by atoms with Gasteiger partial charge in [-0.05, 0) is 59.6 Å². The second kappa shape index (κ2) is 13.6. The van der Waals surface area contributed by atoms with Gasteiger partial charge in [-0.3, -0.25) is 0 Å². The molecule has 0 atom stereocenters. The summed E-state index contributed by atoms with van der Waals surface area (Å²) in [5.74, 6) is 1.42. The Bertz CT molecular complexity index is 3680. The Hall–Kier alpha value is -8.14. The summed E-state index contributed by atoms with van der Waals surface area (Å²) < 4.78 is 47.1. The first-order chi connectivity index (χ1) is 30.8. The van der Waals surface area contributed by atoms with Crippen molar-refractivity contribution in [2.45, 2.75) is 0 Å². The van der Waals surface area contributed by atoms with Crippen LogP contribution < -0.4 is 0 Å². The second-order valence-electron chi connectivity index (χ2n) is 14.0. The third-order valence-electron chi connectivity index (χ3n) is 10.7. The summed E-state index contributed by atoms with van der Waals surface area (Å²) >= 11 is 0. The Labute approximate surface area is 341 Å². The molecular weight excluding hydrogens is 709 g/mol. The van der Waals surface area contributed by atoms with Crippen molar-refractivity contribution in [3.8, 4) is 62.7 Å². The van der Waals surface area contributed by atoms with E-state index < -0.39 is 18.1 Å². The Balaban J connectivity index is 1.16. The molecule has 0 saturated carbocycles. The molecule has 0 N–H and O–H groups in total. The van der Waals surface area contributed by atoms with Gasteiger partial charge in [0.15, 0.2) is 17.5 Å². The minimum Gasteiger partial charge on any atom is -0.309 e. The lowest BCUT2D eigenvalue weighted by Gasteiger charge is -2.14. The fourth-order valence-corrected chi connectivity index (χ4v) is 8.20. The highest BCUT2D eigenvalue weighted by Crippen LogP contribution is 2.43. The van der Waals surface area contributed by atoms with E-state index in [9.17, 15) is 5.26 Å². The molecule has 0 saturated heterocycles. The van der Waals surface area contributed by atoms with Crippen molar-refractivity contribution in [1.29, 1.82) is 5.26 Å². The molecule has 8 aromatic carbocycles. The zero-order valence-corrected chi connectivity index (χ0v) is 30.8. The molecule has 0 spiro atoms. The van der Waals surface area contributed by atoms with Gasteiger partial charge in [0.05, 0.1) is 40.2 Å². The third kappa shape index (κ3) is 5.30. The molecule has 0 fully saturated rings. The van der Waals surface area contributed by atoms with Gasteiger partial charge >= 0.3 is 0 Å². The van der Waals surface area contributed by atoms with E-state index in [4.69, 9.17) is 21.8 Å². The van der Waals surface area contributed by atoms with Crippen LogP contribution in [0.2, 0.25) is 0 Å². The maximum Gasteiger partial charge on any atom is 0.164 e. The van der Waals surface area contributed by atoms with E-state index in [1.54, 1.807) is 4.57 Å². The molecule has 11 rings (SSSR count). The van der Waals surface area contributed by atoms with Crippen molar-refractivity contribution >= 4 is 43.6 Å². The van der Waals surface area contributed by atoms with Gasteiger partial charge in [-0.1, -0.05) is 146 Å². The van der Waals surface area contributed by atoms with Crippen molar-refractivity contribution in [2.75, 3.05) is 0 Å². The zero-order chi connectivity index (χ0) is 42.9. The highest BCUT2D eigenvalue weighted by molar-refractivity contribution is 6.26. The molecule has 6 nitrogen and oxygen atoms in total. The topological polar surface area (TPSA) is 72.3 Å². The van der Waals surface area contributed by atoms with Crippen LogP contribution in [0.1, 0.15) is 12.4 Å². The molecule has 58 heavy (non-hydrogen) atoms. The molecule has 0 radical (unpaired) electrons. The van der Waals surface area contributed by atoms with Gasteiger partial charge in [-0.2, -0.15) is 5.26 Å². The van der Waals surface area contributed by atoms with Crippen LogP contribution in [-0.2, 0) is 0 Å². The monoisotopic (exact) mass is 745 g/mol. The fraction of sp³-hybridized carbons (Fsp3) is 0. The lowest BCUT2D eigenvalue weighted by atomic mass is 9.99. The van der Waals surface area contributed by atoms with Crippen LogP contribution in [0.25, 0.3) is 100 Å². The molecule has 0 aliphatic carbocycles. The summed E-state index contributed by atoms with van der Waals surface area (Å²) in [5, 5.41) is 14.6. The van der Waals surface area contributed by atoms with E-state index >= 15 is 0 Å². The van der Waals surface area contributed by atoms with Crippen LogP contribution in [0.5, 0.6) is 0 Å². The van der Waals surface area contributed by atoms with Crippen LogP contribution >= 0.6 is 0 Å². The molecule has 0 amide bonds. The van der Waals surface area contributed by atoms with Crippen LogP contribution in [-0.4, -0.2) is 24.1 Å². The molecule has 3 aromatic heterocycles. The quantitative estimate of drug-likeness (QED) is 0.170. The molecule has 11 aromatic rings. The lowest BCUT2D eigenvalue weighted by molar-refractivity contribution is 1.07. The molecule has 6 heteroatoms. The summed E-state index contributed by atoms with van der Waals surface area (Å²) in [5.41, 5.74) is 8.42. The van der Waals surface area contributed by atoms with E-state index in [2.05, 4.69) is 34.9 Å². The van der Waals surface area contributed by atoms with Gasteiger partial charge in [0.25, 0.3) is 0 Å². The summed E-state index contributed by atoms with van der Waals surface area (Å²) in [7, 11) is 0. The maximum atomic E-state index is 11.0. The van der Waals surface area contributed by atoms with Gasteiger partial charge in [-0.25, -0.2) is 15.0 Å².